The first-order valence-corrected chi connectivity index (χ1v) is 11.7. The van der Waals surface area contributed by atoms with Gasteiger partial charge in [-0.25, -0.2) is 8.42 Å². The topological polar surface area (TPSA) is 101 Å². The van der Waals surface area contributed by atoms with E-state index in [4.69, 9.17) is 0 Å². The Morgan fingerprint density at radius 1 is 1.29 bits per heavy atom. The third-order valence-electron chi connectivity index (χ3n) is 5.49. The Morgan fingerprint density at radius 2 is 2.00 bits per heavy atom. The number of rotatable bonds is 6. The number of hydrogen-bond acceptors (Lipinski definition) is 6. The van der Waals surface area contributed by atoms with Crippen molar-refractivity contribution in [3.63, 3.8) is 0 Å². The highest BCUT2D eigenvalue weighted by Crippen LogP contribution is 2.32. The Balaban J connectivity index is 1.89. The molecular formula is C19H27N3O5S. The standard InChI is InChI=1S/C19H27N3O5S/c1-2-9-21(16-8-12-28(26,27)14-16)19(23)15-6-7-17(18(13-15)22(24)25)20-10-4-3-5-11-20/h6-7,13,16H,2-5,8-12,14H2,1H3. The van der Waals surface area contributed by atoms with Crippen LogP contribution in [0.3, 0.4) is 0 Å². The van der Waals surface area contributed by atoms with Gasteiger partial charge in [0, 0.05) is 37.3 Å². The van der Waals surface area contributed by atoms with Gasteiger partial charge in [-0.3, -0.25) is 14.9 Å². The first-order chi connectivity index (χ1) is 13.3. The van der Waals surface area contributed by atoms with Crippen LogP contribution in [-0.2, 0) is 9.84 Å². The monoisotopic (exact) mass is 409 g/mol. The summed E-state index contributed by atoms with van der Waals surface area (Å²) in [6, 6.07) is 4.27. The van der Waals surface area contributed by atoms with Crippen molar-refractivity contribution in [2.75, 3.05) is 36.0 Å². The number of carbonyl (C=O) groups excluding carboxylic acids is 1. The van der Waals surface area contributed by atoms with Gasteiger partial charge in [0.1, 0.15) is 5.69 Å². The third kappa shape index (κ3) is 4.45. The average Bonchev–Trinajstić information content (AvgIpc) is 3.05. The van der Waals surface area contributed by atoms with Crippen LogP contribution in [0.4, 0.5) is 11.4 Å². The molecule has 2 fully saturated rings. The predicted octanol–water partition coefficient (Wildman–Crippen LogP) is 2.62. The molecule has 0 bridgehead atoms. The largest absolute Gasteiger partial charge is 0.366 e. The summed E-state index contributed by atoms with van der Waals surface area (Å²) < 4.78 is 23.7. The molecule has 0 aromatic heterocycles. The zero-order chi connectivity index (χ0) is 20.3. The van der Waals surface area contributed by atoms with Crippen molar-refractivity contribution in [1.29, 1.82) is 0 Å². The number of nitro benzene ring substituents is 1. The average molecular weight is 410 g/mol. The smallest absolute Gasteiger partial charge is 0.293 e. The van der Waals surface area contributed by atoms with E-state index < -0.39 is 14.8 Å². The van der Waals surface area contributed by atoms with E-state index in [1.807, 2.05) is 11.8 Å². The first-order valence-electron chi connectivity index (χ1n) is 9.87. The number of nitro groups is 1. The first kappa shape index (κ1) is 20.6. The number of hydrogen-bond donors (Lipinski definition) is 0. The molecule has 2 aliphatic rings. The van der Waals surface area contributed by atoms with Crippen molar-refractivity contribution in [1.82, 2.24) is 4.90 Å². The molecule has 28 heavy (non-hydrogen) atoms. The SMILES string of the molecule is CCCN(C(=O)c1ccc(N2CCCCC2)c([N+](=O)[O-])c1)C1CCS(=O)(=O)C1. The molecule has 0 saturated carbocycles. The van der Waals surface area contributed by atoms with Gasteiger partial charge in [-0.05, 0) is 44.2 Å². The molecule has 0 aliphatic carbocycles. The molecule has 1 aromatic carbocycles. The lowest BCUT2D eigenvalue weighted by atomic mass is 10.1. The van der Waals surface area contributed by atoms with Gasteiger partial charge >= 0.3 is 0 Å². The van der Waals surface area contributed by atoms with Gasteiger partial charge in [-0.1, -0.05) is 6.92 Å². The minimum absolute atomic E-state index is 0.0350. The van der Waals surface area contributed by atoms with Crippen LogP contribution >= 0.6 is 0 Å². The molecule has 0 radical (unpaired) electrons. The second-order valence-corrected chi connectivity index (χ2v) is 9.79. The van der Waals surface area contributed by atoms with Crippen molar-refractivity contribution in [3.05, 3.63) is 33.9 Å². The molecule has 0 N–H and O–H groups in total. The van der Waals surface area contributed by atoms with Crippen LogP contribution in [0.2, 0.25) is 0 Å². The van der Waals surface area contributed by atoms with Crippen LogP contribution in [0.15, 0.2) is 18.2 Å². The van der Waals surface area contributed by atoms with Crippen molar-refractivity contribution in [2.45, 2.75) is 45.1 Å². The molecule has 0 spiro atoms. The summed E-state index contributed by atoms with van der Waals surface area (Å²) >= 11 is 0. The zero-order valence-corrected chi connectivity index (χ0v) is 17.0. The Morgan fingerprint density at radius 3 is 2.57 bits per heavy atom. The van der Waals surface area contributed by atoms with Gasteiger partial charge in [-0.15, -0.1) is 0 Å². The highest BCUT2D eigenvalue weighted by Gasteiger charge is 2.35. The van der Waals surface area contributed by atoms with E-state index in [0.29, 0.717) is 25.1 Å². The minimum Gasteiger partial charge on any atom is -0.366 e. The van der Waals surface area contributed by atoms with Crippen molar-refractivity contribution >= 4 is 27.1 Å². The summed E-state index contributed by atoms with van der Waals surface area (Å²) in [4.78, 5) is 27.9. The van der Waals surface area contributed by atoms with Gasteiger partial charge in [-0.2, -0.15) is 0 Å². The molecule has 1 unspecified atom stereocenters. The summed E-state index contributed by atoms with van der Waals surface area (Å²) in [5.74, 6) is -0.288. The molecule has 1 aromatic rings. The van der Waals surface area contributed by atoms with Gasteiger partial charge in [0.2, 0.25) is 0 Å². The quantitative estimate of drug-likeness (QED) is 0.529. The molecule has 1 atom stereocenters. The third-order valence-corrected chi connectivity index (χ3v) is 7.24. The van der Waals surface area contributed by atoms with Crippen molar-refractivity contribution in [3.8, 4) is 0 Å². The lowest BCUT2D eigenvalue weighted by Gasteiger charge is -2.30. The van der Waals surface area contributed by atoms with E-state index in [9.17, 15) is 23.3 Å². The van der Waals surface area contributed by atoms with Crippen molar-refractivity contribution in [2.24, 2.45) is 0 Å². The van der Waals surface area contributed by atoms with Crippen LogP contribution < -0.4 is 4.90 Å². The molecule has 154 valence electrons. The van der Waals surface area contributed by atoms with Gasteiger partial charge < -0.3 is 9.80 Å². The molecular weight excluding hydrogens is 382 g/mol. The molecule has 8 nitrogen and oxygen atoms in total. The van der Waals surface area contributed by atoms with Crippen LogP contribution in [0.1, 0.15) is 49.4 Å². The summed E-state index contributed by atoms with van der Waals surface area (Å²) in [7, 11) is -3.13. The van der Waals surface area contributed by atoms with Gasteiger partial charge in [0.05, 0.1) is 16.4 Å². The molecule has 2 heterocycles. The normalized spacial score (nSPS) is 21.5. The highest BCUT2D eigenvalue weighted by atomic mass is 32.2. The summed E-state index contributed by atoms with van der Waals surface area (Å²) in [5, 5.41) is 11.7. The van der Waals surface area contributed by atoms with Crippen molar-refractivity contribution < 1.29 is 18.1 Å². The minimum atomic E-state index is -3.13. The number of nitrogens with zero attached hydrogens (tertiary/aromatic N) is 3. The van der Waals surface area contributed by atoms with E-state index in [-0.39, 0.29) is 34.7 Å². The van der Waals surface area contributed by atoms with E-state index in [2.05, 4.69) is 0 Å². The number of sulfone groups is 1. The second kappa shape index (κ2) is 8.46. The van der Waals surface area contributed by atoms with Crippen LogP contribution in [-0.4, -0.2) is 61.3 Å². The Labute approximate surface area is 165 Å². The van der Waals surface area contributed by atoms with Gasteiger partial charge in [0.25, 0.3) is 11.6 Å². The van der Waals surface area contributed by atoms with E-state index >= 15 is 0 Å². The highest BCUT2D eigenvalue weighted by molar-refractivity contribution is 7.91. The number of amides is 1. The predicted molar refractivity (Wildman–Crippen MR) is 108 cm³/mol. The van der Waals surface area contributed by atoms with Crippen LogP contribution in [0, 0.1) is 10.1 Å². The second-order valence-electron chi connectivity index (χ2n) is 7.56. The maximum atomic E-state index is 13.1. The fraction of sp³-hybridized carbons (Fsp3) is 0.632. The molecule has 3 rings (SSSR count). The number of piperidine rings is 1. The molecule has 9 heteroatoms. The van der Waals surface area contributed by atoms with E-state index in [1.54, 1.807) is 17.0 Å². The fourth-order valence-electron chi connectivity index (χ4n) is 4.08. The lowest BCUT2D eigenvalue weighted by Crippen LogP contribution is -2.41. The Hall–Kier alpha value is -2.16. The number of anilines is 1. The Bertz CT molecular complexity index is 849. The summed E-state index contributed by atoms with van der Waals surface area (Å²) in [6.07, 6.45) is 4.23. The summed E-state index contributed by atoms with van der Waals surface area (Å²) in [5.41, 5.74) is 0.722. The van der Waals surface area contributed by atoms with E-state index in [1.165, 1.54) is 6.07 Å². The molecule has 2 aliphatic heterocycles. The summed E-state index contributed by atoms with van der Waals surface area (Å²) in [6.45, 7) is 3.90. The number of carbonyl (C=O) groups is 1. The fourth-order valence-corrected chi connectivity index (χ4v) is 5.81. The Kier molecular flexibility index (Phi) is 6.22. The van der Waals surface area contributed by atoms with E-state index in [0.717, 1.165) is 32.4 Å². The van der Waals surface area contributed by atoms with Crippen LogP contribution in [0.25, 0.3) is 0 Å². The molecule has 2 saturated heterocycles. The zero-order valence-electron chi connectivity index (χ0n) is 16.2. The van der Waals surface area contributed by atoms with Crippen LogP contribution in [0.5, 0.6) is 0 Å². The molecule has 1 amide bonds. The maximum absolute atomic E-state index is 13.1. The number of benzene rings is 1. The maximum Gasteiger partial charge on any atom is 0.293 e. The lowest BCUT2D eigenvalue weighted by molar-refractivity contribution is -0.384. The van der Waals surface area contributed by atoms with Gasteiger partial charge in [0.15, 0.2) is 9.84 Å².